The van der Waals surface area contributed by atoms with Gasteiger partial charge in [-0.25, -0.2) is 0 Å². The van der Waals surface area contributed by atoms with Gasteiger partial charge in [-0.15, -0.1) is 0 Å². The topological polar surface area (TPSA) is 74.6 Å². The van der Waals surface area contributed by atoms with Gasteiger partial charge in [0, 0.05) is 6.42 Å². The molecule has 0 aromatic heterocycles. The first-order valence-electron chi connectivity index (χ1n) is 15.6. The maximum atomic E-state index is 12.2. The Bertz CT molecular complexity index is 528. The van der Waals surface area contributed by atoms with Crippen LogP contribution in [0.15, 0.2) is 12.2 Å². The van der Waals surface area contributed by atoms with Gasteiger partial charge in [-0.3, -0.25) is 9.59 Å². The first kappa shape index (κ1) is 34.7. The molecule has 2 unspecified atom stereocenters. The van der Waals surface area contributed by atoms with Crippen LogP contribution in [0.1, 0.15) is 168 Å². The lowest BCUT2D eigenvalue weighted by molar-refractivity contribution is -0.144. The molecular formula is C32H60O4. The molecule has 0 bridgehead atoms. The van der Waals surface area contributed by atoms with Gasteiger partial charge in [0.15, 0.2) is 0 Å². The van der Waals surface area contributed by atoms with Crippen molar-refractivity contribution in [1.82, 2.24) is 0 Å². The van der Waals surface area contributed by atoms with Crippen molar-refractivity contribution in [2.24, 2.45) is 11.8 Å². The first-order chi connectivity index (χ1) is 17.5. The van der Waals surface area contributed by atoms with Crippen LogP contribution in [-0.4, -0.2) is 22.2 Å². The number of carboxylic acid groups (broad SMARTS) is 2. The molecule has 0 radical (unpaired) electrons. The van der Waals surface area contributed by atoms with E-state index in [1.165, 1.54) is 70.6 Å². The maximum Gasteiger partial charge on any atom is 0.306 e. The Kier molecular flexibility index (Phi) is 25.8. The van der Waals surface area contributed by atoms with Crippen molar-refractivity contribution < 1.29 is 19.8 Å². The Balaban J connectivity index is 4.32. The number of unbranched alkanes of at least 4 members (excludes halogenated alkanes) is 16. The summed E-state index contributed by atoms with van der Waals surface area (Å²) in [4.78, 5) is 22.8. The number of carboxylic acids is 2. The summed E-state index contributed by atoms with van der Waals surface area (Å²) in [5.41, 5.74) is 0. The van der Waals surface area contributed by atoms with Gasteiger partial charge < -0.3 is 10.2 Å². The summed E-state index contributed by atoms with van der Waals surface area (Å²) >= 11 is 0. The summed E-state index contributed by atoms with van der Waals surface area (Å²) in [6.07, 6.45) is 31.1. The standard InChI is InChI=1S/C32H60O4/c1-3-5-7-9-10-11-12-13-14-15-19-23-27-30(32(35)36)29(25-21-17-8-6-4-2)26-22-18-16-20-24-28-31(33)34/h11-12,29-30H,3-10,13-28H2,1-2H3,(H,33,34)(H,35,36). The normalized spacial score (nSPS) is 13.3. The van der Waals surface area contributed by atoms with Crippen LogP contribution in [-0.2, 0) is 9.59 Å². The number of hydrogen-bond acceptors (Lipinski definition) is 2. The molecule has 0 aliphatic carbocycles. The van der Waals surface area contributed by atoms with Crippen LogP contribution < -0.4 is 0 Å². The van der Waals surface area contributed by atoms with E-state index in [1.54, 1.807) is 0 Å². The molecule has 2 N–H and O–H groups in total. The second-order valence-corrected chi connectivity index (χ2v) is 10.9. The minimum Gasteiger partial charge on any atom is -0.481 e. The average Bonchev–Trinajstić information content (AvgIpc) is 2.85. The molecule has 4 heteroatoms. The fourth-order valence-electron chi connectivity index (χ4n) is 5.24. The van der Waals surface area contributed by atoms with E-state index in [1.807, 2.05) is 0 Å². The predicted octanol–water partition coefficient (Wildman–Crippen LogP) is 10.3. The monoisotopic (exact) mass is 508 g/mol. The average molecular weight is 509 g/mol. The van der Waals surface area contributed by atoms with Crippen LogP contribution in [0.3, 0.4) is 0 Å². The van der Waals surface area contributed by atoms with Crippen LogP contribution >= 0.6 is 0 Å². The molecular weight excluding hydrogens is 448 g/mol. The smallest absolute Gasteiger partial charge is 0.306 e. The molecule has 0 fully saturated rings. The molecule has 0 spiro atoms. The highest BCUT2D eigenvalue weighted by Crippen LogP contribution is 2.30. The second kappa shape index (κ2) is 26.7. The van der Waals surface area contributed by atoms with Crippen molar-refractivity contribution in [2.75, 3.05) is 0 Å². The zero-order chi connectivity index (χ0) is 26.7. The third-order valence-electron chi connectivity index (χ3n) is 7.56. The van der Waals surface area contributed by atoms with E-state index in [0.29, 0.717) is 5.92 Å². The molecule has 212 valence electrons. The third-order valence-corrected chi connectivity index (χ3v) is 7.56. The molecule has 0 heterocycles. The summed E-state index contributed by atoms with van der Waals surface area (Å²) in [5, 5.41) is 18.8. The highest BCUT2D eigenvalue weighted by Gasteiger charge is 2.26. The van der Waals surface area contributed by atoms with Crippen molar-refractivity contribution in [3.63, 3.8) is 0 Å². The zero-order valence-electron chi connectivity index (χ0n) is 24.0. The minimum absolute atomic E-state index is 0.203. The van der Waals surface area contributed by atoms with Gasteiger partial charge >= 0.3 is 11.9 Å². The van der Waals surface area contributed by atoms with Crippen LogP contribution in [0.2, 0.25) is 0 Å². The number of aliphatic carboxylic acids is 2. The van der Waals surface area contributed by atoms with Crippen molar-refractivity contribution in [3.05, 3.63) is 12.2 Å². The van der Waals surface area contributed by atoms with Crippen LogP contribution in [0, 0.1) is 11.8 Å². The van der Waals surface area contributed by atoms with E-state index in [0.717, 1.165) is 77.0 Å². The number of hydrogen-bond donors (Lipinski definition) is 2. The van der Waals surface area contributed by atoms with Gasteiger partial charge in [0.2, 0.25) is 0 Å². The third kappa shape index (κ3) is 23.1. The molecule has 0 saturated carbocycles. The highest BCUT2D eigenvalue weighted by molar-refractivity contribution is 5.70. The van der Waals surface area contributed by atoms with Crippen LogP contribution in [0.4, 0.5) is 0 Å². The Labute approximate surface area is 223 Å². The molecule has 36 heavy (non-hydrogen) atoms. The molecule has 0 rings (SSSR count). The van der Waals surface area contributed by atoms with Gasteiger partial charge in [0.25, 0.3) is 0 Å². The molecule has 0 amide bonds. The van der Waals surface area contributed by atoms with Crippen LogP contribution in [0.5, 0.6) is 0 Å². The number of allylic oxidation sites excluding steroid dienone is 2. The SMILES string of the molecule is CCCCCCC=CCCCCCCC(C(=O)O)C(CCCCCCC)CCCCCCCC(=O)O. The largest absolute Gasteiger partial charge is 0.481 e. The maximum absolute atomic E-state index is 12.2. The van der Waals surface area contributed by atoms with Gasteiger partial charge in [0.1, 0.15) is 0 Å². The summed E-state index contributed by atoms with van der Waals surface area (Å²) in [7, 11) is 0. The predicted molar refractivity (Wildman–Crippen MR) is 154 cm³/mol. The van der Waals surface area contributed by atoms with E-state index in [-0.39, 0.29) is 12.3 Å². The Hall–Kier alpha value is -1.32. The lowest BCUT2D eigenvalue weighted by atomic mass is 9.80. The van der Waals surface area contributed by atoms with Gasteiger partial charge in [-0.2, -0.15) is 0 Å². The Morgan fingerprint density at radius 3 is 1.47 bits per heavy atom. The first-order valence-corrected chi connectivity index (χ1v) is 15.6. The summed E-state index contributed by atoms with van der Waals surface area (Å²) in [5.74, 6) is -1.22. The van der Waals surface area contributed by atoms with E-state index in [9.17, 15) is 14.7 Å². The van der Waals surface area contributed by atoms with Crippen molar-refractivity contribution in [2.45, 2.75) is 168 Å². The van der Waals surface area contributed by atoms with Gasteiger partial charge in [0.05, 0.1) is 5.92 Å². The van der Waals surface area contributed by atoms with E-state index >= 15 is 0 Å². The van der Waals surface area contributed by atoms with Crippen molar-refractivity contribution >= 4 is 11.9 Å². The van der Waals surface area contributed by atoms with E-state index in [4.69, 9.17) is 5.11 Å². The van der Waals surface area contributed by atoms with E-state index < -0.39 is 11.9 Å². The Morgan fingerprint density at radius 2 is 0.972 bits per heavy atom. The number of rotatable bonds is 28. The molecule has 0 aromatic rings. The lowest BCUT2D eigenvalue weighted by Gasteiger charge is -2.24. The Morgan fingerprint density at radius 1 is 0.556 bits per heavy atom. The fourth-order valence-corrected chi connectivity index (χ4v) is 5.24. The van der Waals surface area contributed by atoms with Crippen molar-refractivity contribution in [1.29, 1.82) is 0 Å². The summed E-state index contributed by atoms with van der Waals surface area (Å²) in [6, 6.07) is 0. The summed E-state index contributed by atoms with van der Waals surface area (Å²) < 4.78 is 0. The molecule has 0 aliphatic rings. The molecule has 4 nitrogen and oxygen atoms in total. The van der Waals surface area contributed by atoms with Gasteiger partial charge in [-0.1, -0.05) is 122 Å². The molecule has 0 saturated heterocycles. The molecule has 2 atom stereocenters. The zero-order valence-corrected chi connectivity index (χ0v) is 24.0. The fraction of sp³-hybridized carbons (Fsp3) is 0.875. The number of carbonyl (C=O) groups is 2. The van der Waals surface area contributed by atoms with Gasteiger partial charge in [-0.05, 0) is 57.3 Å². The lowest BCUT2D eigenvalue weighted by Crippen LogP contribution is -2.24. The minimum atomic E-state index is -0.711. The highest BCUT2D eigenvalue weighted by atomic mass is 16.4. The summed E-state index contributed by atoms with van der Waals surface area (Å²) in [6.45, 7) is 4.48. The quantitative estimate of drug-likeness (QED) is 0.0814. The molecule has 0 aromatic carbocycles. The molecule has 0 aliphatic heterocycles. The van der Waals surface area contributed by atoms with Crippen molar-refractivity contribution in [3.8, 4) is 0 Å². The second-order valence-electron chi connectivity index (χ2n) is 10.9. The van der Waals surface area contributed by atoms with Crippen LogP contribution in [0.25, 0.3) is 0 Å². The van der Waals surface area contributed by atoms with E-state index in [2.05, 4.69) is 26.0 Å².